The molecule has 11 heteroatoms. The molecule has 10 nitrogen and oxygen atoms in total. The highest BCUT2D eigenvalue weighted by molar-refractivity contribution is 6.31. The van der Waals surface area contributed by atoms with E-state index in [0.29, 0.717) is 10.7 Å². The summed E-state index contributed by atoms with van der Waals surface area (Å²) in [5.41, 5.74) is 1.01. The van der Waals surface area contributed by atoms with Gasteiger partial charge in [0.2, 0.25) is 5.91 Å². The number of hydrogen-bond acceptors (Lipinski definition) is 6. The predicted octanol–water partition coefficient (Wildman–Crippen LogP) is 0.868. The summed E-state index contributed by atoms with van der Waals surface area (Å²) in [6, 6.07) is 5.46. The summed E-state index contributed by atoms with van der Waals surface area (Å²) in [6.45, 7) is 6.66. The van der Waals surface area contributed by atoms with Gasteiger partial charge in [0.1, 0.15) is 6.54 Å². The molecule has 1 fully saturated rings. The fraction of sp³-hybridized carbons (Fsp3) is 0.429. The lowest BCUT2D eigenvalue weighted by Crippen LogP contribution is -2.46. The second-order valence-electron chi connectivity index (χ2n) is 7.88. The largest absolute Gasteiger partial charge is 0.367 e. The Hall–Kier alpha value is -3.11. The van der Waals surface area contributed by atoms with Crippen molar-refractivity contribution in [3.8, 4) is 0 Å². The third kappa shape index (κ3) is 4.03. The number of anilines is 2. The van der Waals surface area contributed by atoms with Crippen molar-refractivity contribution in [2.45, 2.75) is 13.5 Å². The van der Waals surface area contributed by atoms with E-state index in [1.807, 2.05) is 12.1 Å². The molecule has 0 radical (unpaired) electrons. The van der Waals surface area contributed by atoms with Crippen LogP contribution < -0.4 is 21.5 Å². The van der Waals surface area contributed by atoms with Gasteiger partial charge in [0.05, 0.1) is 17.7 Å². The number of imidazole rings is 1. The molecule has 0 bridgehead atoms. The molecule has 1 saturated heterocycles. The Kier molecular flexibility index (Phi) is 6.07. The van der Waals surface area contributed by atoms with Gasteiger partial charge in [-0.2, -0.15) is 0 Å². The molecule has 4 rings (SSSR count). The minimum atomic E-state index is -0.495. The molecule has 1 aliphatic heterocycles. The van der Waals surface area contributed by atoms with Crippen molar-refractivity contribution in [2.75, 3.05) is 42.9 Å². The number of amides is 1. The van der Waals surface area contributed by atoms with Gasteiger partial charge in [-0.15, -0.1) is 0 Å². The number of carbonyl (C=O) groups is 1. The van der Waals surface area contributed by atoms with E-state index in [2.05, 4.69) is 27.0 Å². The number of hydrogen-bond donors (Lipinski definition) is 1. The average molecular weight is 460 g/mol. The van der Waals surface area contributed by atoms with Gasteiger partial charge in [-0.3, -0.25) is 18.7 Å². The average Bonchev–Trinajstić information content (AvgIpc) is 3.20. The molecule has 3 heterocycles. The molecule has 170 valence electrons. The van der Waals surface area contributed by atoms with Crippen LogP contribution in [0.4, 0.5) is 11.4 Å². The van der Waals surface area contributed by atoms with E-state index in [1.54, 1.807) is 6.07 Å². The molecule has 32 heavy (non-hydrogen) atoms. The van der Waals surface area contributed by atoms with Crippen LogP contribution >= 0.6 is 11.6 Å². The molecule has 3 aromatic rings. The Labute approximate surface area is 189 Å². The monoisotopic (exact) mass is 459 g/mol. The van der Waals surface area contributed by atoms with Gasteiger partial charge in [-0.05, 0) is 24.7 Å². The second-order valence-corrected chi connectivity index (χ2v) is 8.32. The lowest BCUT2D eigenvalue weighted by molar-refractivity contribution is -0.116. The zero-order chi connectivity index (χ0) is 23.0. The number of halogens is 1. The van der Waals surface area contributed by atoms with Crippen molar-refractivity contribution < 1.29 is 4.79 Å². The van der Waals surface area contributed by atoms with Crippen LogP contribution in [0.15, 0.2) is 34.1 Å². The van der Waals surface area contributed by atoms with E-state index in [0.717, 1.165) is 43.0 Å². The van der Waals surface area contributed by atoms with Gasteiger partial charge < -0.3 is 19.7 Å². The van der Waals surface area contributed by atoms with Crippen LogP contribution in [-0.2, 0) is 25.4 Å². The summed E-state index contributed by atoms with van der Waals surface area (Å²) in [5.74, 6) is -0.323. The van der Waals surface area contributed by atoms with Crippen LogP contribution in [0.25, 0.3) is 11.2 Å². The molecule has 0 spiro atoms. The summed E-state index contributed by atoms with van der Waals surface area (Å²) in [4.78, 5) is 46.4. The van der Waals surface area contributed by atoms with Gasteiger partial charge in [0.25, 0.3) is 5.56 Å². The fourth-order valence-electron chi connectivity index (χ4n) is 4.05. The number of carbonyl (C=O) groups excluding carboxylic acids is 1. The maximum absolute atomic E-state index is 12.9. The summed E-state index contributed by atoms with van der Waals surface area (Å²) in [5, 5.41) is 3.45. The molecule has 1 amide bonds. The summed E-state index contributed by atoms with van der Waals surface area (Å²) in [7, 11) is 2.94. The number of piperazine rings is 1. The summed E-state index contributed by atoms with van der Waals surface area (Å²) in [6.07, 6.45) is 1.40. The minimum Gasteiger partial charge on any atom is -0.367 e. The standard InChI is InChI=1S/C21H26ClN7O3/c1-4-27-7-9-28(10-8-27)16-6-5-14(22)11-15(16)24-17(30)12-29-13-23-19-18(29)20(31)26(3)21(32)25(19)2/h5-6,11,13H,4,7-10,12H2,1-3H3,(H,24,30). The Morgan fingerprint density at radius 3 is 2.53 bits per heavy atom. The van der Waals surface area contributed by atoms with Crippen LogP contribution in [0, 0.1) is 0 Å². The summed E-state index contributed by atoms with van der Waals surface area (Å²) < 4.78 is 3.75. The van der Waals surface area contributed by atoms with E-state index >= 15 is 0 Å². The van der Waals surface area contributed by atoms with E-state index in [9.17, 15) is 14.4 Å². The van der Waals surface area contributed by atoms with Crippen molar-refractivity contribution in [1.82, 2.24) is 23.6 Å². The third-order valence-corrected chi connectivity index (χ3v) is 6.16. The molecule has 1 aliphatic rings. The highest BCUT2D eigenvalue weighted by Crippen LogP contribution is 2.30. The zero-order valence-electron chi connectivity index (χ0n) is 18.3. The Morgan fingerprint density at radius 1 is 1.12 bits per heavy atom. The van der Waals surface area contributed by atoms with Gasteiger partial charge in [0, 0.05) is 45.3 Å². The van der Waals surface area contributed by atoms with Crippen LogP contribution in [0.3, 0.4) is 0 Å². The molecule has 0 saturated carbocycles. The third-order valence-electron chi connectivity index (χ3n) is 5.92. The molecular weight excluding hydrogens is 434 g/mol. The maximum Gasteiger partial charge on any atom is 0.332 e. The first-order valence-electron chi connectivity index (χ1n) is 10.5. The zero-order valence-corrected chi connectivity index (χ0v) is 19.1. The normalized spacial score (nSPS) is 14.8. The molecular formula is C21H26ClN7O3. The van der Waals surface area contributed by atoms with Crippen molar-refractivity contribution in [3.05, 3.63) is 50.4 Å². The first kappa shape index (κ1) is 22.1. The predicted molar refractivity (Wildman–Crippen MR) is 125 cm³/mol. The van der Waals surface area contributed by atoms with E-state index in [1.165, 1.54) is 29.6 Å². The van der Waals surface area contributed by atoms with E-state index in [4.69, 9.17) is 11.6 Å². The maximum atomic E-state index is 12.9. The number of benzene rings is 1. The van der Waals surface area contributed by atoms with Gasteiger partial charge in [-0.25, -0.2) is 9.78 Å². The number of fused-ring (bicyclic) bond motifs is 1. The fourth-order valence-corrected chi connectivity index (χ4v) is 4.22. The van der Waals surface area contributed by atoms with Crippen molar-refractivity contribution in [3.63, 3.8) is 0 Å². The van der Waals surface area contributed by atoms with Gasteiger partial charge >= 0.3 is 5.69 Å². The first-order valence-corrected chi connectivity index (χ1v) is 10.9. The second kappa shape index (κ2) is 8.79. The molecule has 1 aromatic carbocycles. The van der Waals surface area contributed by atoms with E-state index < -0.39 is 11.2 Å². The quantitative estimate of drug-likeness (QED) is 0.608. The number of rotatable bonds is 5. The van der Waals surface area contributed by atoms with Crippen molar-refractivity contribution >= 4 is 40.0 Å². The van der Waals surface area contributed by atoms with Crippen molar-refractivity contribution in [1.29, 1.82) is 0 Å². The van der Waals surface area contributed by atoms with Gasteiger partial charge in [0.15, 0.2) is 11.2 Å². The highest BCUT2D eigenvalue weighted by Gasteiger charge is 2.20. The van der Waals surface area contributed by atoms with E-state index in [-0.39, 0.29) is 23.6 Å². The van der Waals surface area contributed by atoms with Crippen LogP contribution in [0.1, 0.15) is 6.92 Å². The molecule has 1 N–H and O–H groups in total. The lowest BCUT2D eigenvalue weighted by atomic mass is 10.2. The number of nitrogens with zero attached hydrogens (tertiary/aromatic N) is 6. The van der Waals surface area contributed by atoms with Crippen LogP contribution in [0.5, 0.6) is 0 Å². The van der Waals surface area contributed by atoms with Gasteiger partial charge in [-0.1, -0.05) is 18.5 Å². The lowest BCUT2D eigenvalue weighted by Gasteiger charge is -2.36. The SMILES string of the molecule is CCN1CCN(c2ccc(Cl)cc2NC(=O)Cn2cnc3c2c(=O)n(C)c(=O)n3C)CC1. The topological polar surface area (TPSA) is 97.4 Å². The molecule has 0 aliphatic carbocycles. The van der Waals surface area contributed by atoms with Crippen LogP contribution in [-0.4, -0.2) is 62.2 Å². The smallest absolute Gasteiger partial charge is 0.332 e. The molecule has 0 atom stereocenters. The number of aromatic nitrogens is 4. The Bertz CT molecular complexity index is 1290. The highest BCUT2D eigenvalue weighted by atomic mass is 35.5. The molecule has 2 aromatic heterocycles. The Morgan fingerprint density at radius 2 is 1.84 bits per heavy atom. The number of aryl methyl sites for hydroxylation is 1. The Balaban J connectivity index is 1.59. The number of nitrogens with one attached hydrogen (secondary N) is 1. The number of likely N-dealkylation sites (N-methyl/N-ethyl adjacent to an activating group) is 1. The van der Waals surface area contributed by atoms with Crippen LogP contribution in [0.2, 0.25) is 5.02 Å². The minimum absolute atomic E-state index is 0.125. The summed E-state index contributed by atoms with van der Waals surface area (Å²) >= 11 is 6.21. The first-order chi connectivity index (χ1) is 15.3. The molecule has 0 unspecified atom stereocenters. The van der Waals surface area contributed by atoms with Crippen molar-refractivity contribution in [2.24, 2.45) is 14.1 Å².